The molecular weight excluding hydrogens is 515 g/mol. The number of aliphatic carboxylic acids is 1. The summed E-state index contributed by atoms with van der Waals surface area (Å²) >= 11 is 0. The van der Waals surface area contributed by atoms with Gasteiger partial charge in [-0.3, -0.25) is 20.0 Å². The fraction of sp³-hybridized carbons (Fsp3) is 0.167. The Kier molecular flexibility index (Phi) is 8.78. The van der Waals surface area contributed by atoms with Crippen molar-refractivity contribution in [3.8, 4) is 17.3 Å². The van der Waals surface area contributed by atoms with Gasteiger partial charge in [-0.05, 0) is 30.3 Å². The minimum atomic E-state index is -1.06. The maximum Gasteiger partial charge on any atom is 0.349 e. The Morgan fingerprint density at radius 1 is 1.21 bits per heavy atom. The van der Waals surface area contributed by atoms with E-state index in [1.165, 1.54) is 38.7 Å². The van der Waals surface area contributed by atoms with Gasteiger partial charge in [-0.25, -0.2) is 14.2 Å². The number of amidine groups is 1. The quantitative estimate of drug-likeness (QED) is 0.139. The van der Waals surface area contributed by atoms with Crippen molar-refractivity contribution in [2.45, 2.75) is 13.0 Å². The summed E-state index contributed by atoms with van der Waals surface area (Å²) < 4.78 is 26.6. The van der Waals surface area contributed by atoms with Gasteiger partial charge in [-0.1, -0.05) is 0 Å². The molecule has 39 heavy (non-hydrogen) atoms. The van der Waals surface area contributed by atoms with Crippen LogP contribution in [0.5, 0.6) is 11.5 Å². The Morgan fingerprint density at radius 2 is 1.87 bits per heavy atom. The zero-order valence-electron chi connectivity index (χ0n) is 21.0. The number of methoxy groups -OCH3 is 2. The average Bonchev–Trinajstić information content (AvgIpc) is 3.28. The second-order valence-electron chi connectivity index (χ2n) is 7.79. The highest BCUT2D eigenvalue weighted by Crippen LogP contribution is 2.34. The number of anilines is 1. The zero-order valence-corrected chi connectivity index (χ0v) is 21.0. The minimum Gasteiger partial charge on any atom is -0.497 e. The summed E-state index contributed by atoms with van der Waals surface area (Å²) in [7, 11) is 2.73. The predicted octanol–water partition coefficient (Wildman–Crippen LogP) is 1.38. The number of H-pyrrole nitrogens is 2. The molecule has 0 saturated heterocycles. The van der Waals surface area contributed by atoms with Crippen LogP contribution in [0.25, 0.3) is 5.82 Å². The fourth-order valence-electron chi connectivity index (χ4n) is 3.38. The highest BCUT2D eigenvalue weighted by Gasteiger charge is 2.27. The number of aromatic nitrogens is 5. The third-order valence-electron chi connectivity index (χ3n) is 5.11. The number of halogens is 1. The van der Waals surface area contributed by atoms with Gasteiger partial charge in [-0.2, -0.15) is 4.68 Å². The number of rotatable bonds is 8. The van der Waals surface area contributed by atoms with Crippen molar-refractivity contribution in [1.29, 1.82) is 5.41 Å². The van der Waals surface area contributed by atoms with Crippen molar-refractivity contribution in [3.05, 3.63) is 92.4 Å². The van der Waals surface area contributed by atoms with Crippen LogP contribution >= 0.6 is 0 Å². The molecule has 0 spiro atoms. The van der Waals surface area contributed by atoms with Crippen LogP contribution in [0.3, 0.4) is 0 Å². The second-order valence-corrected chi connectivity index (χ2v) is 7.79. The van der Waals surface area contributed by atoms with E-state index in [0.29, 0.717) is 17.0 Å². The lowest BCUT2D eigenvalue weighted by atomic mass is 10.0. The van der Waals surface area contributed by atoms with E-state index in [0.717, 1.165) is 11.6 Å². The van der Waals surface area contributed by atoms with E-state index < -0.39 is 29.1 Å². The molecular formula is C24H25FN8O6. The van der Waals surface area contributed by atoms with E-state index in [1.807, 2.05) is 0 Å². The first-order chi connectivity index (χ1) is 18.5. The number of ether oxygens (including phenoxy) is 2. The number of carboxylic acids is 1. The van der Waals surface area contributed by atoms with Gasteiger partial charge in [-0.15, -0.1) is 5.10 Å². The normalized spacial score (nSPS) is 11.1. The van der Waals surface area contributed by atoms with Crippen LogP contribution in [-0.2, 0) is 4.79 Å². The van der Waals surface area contributed by atoms with E-state index in [9.17, 15) is 9.59 Å². The second kappa shape index (κ2) is 12.2. The molecule has 15 heteroatoms. The molecule has 4 aromatic rings. The maximum atomic E-state index is 15.4. The van der Waals surface area contributed by atoms with Crippen molar-refractivity contribution in [2.24, 2.45) is 5.73 Å². The van der Waals surface area contributed by atoms with Crippen molar-refractivity contribution >= 4 is 17.5 Å². The Hall–Kier alpha value is -5.47. The first kappa shape index (κ1) is 28.1. The predicted molar refractivity (Wildman–Crippen MR) is 138 cm³/mol. The Bertz CT molecular complexity index is 1590. The lowest BCUT2D eigenvalue weighted by molar-refractivity contribution is -0.134. The van der Waals surface area contributed by atoms with Crippen LogP contribution < -0.4 is 31.8 Å². The molecule has 1 unspecified atom stereocenters. The van der Waals surface area contributed by atoms with Crippen LogP contribution in [0.2, 0.25) is 0 Å². The first-order valence-electron chi connectivity index (χ1n) is 11.1. The van der Waals surface area contributed by atoms with Crippen LogP contribution in [-0.4, -0.2) is 55.9 Å². The molecule has 2 aromatic heterocycles. The number of benzene rings is 2. The molecule has 0 aliphatic rings. The molecule has 2 aromatic carbocycles. The lowest BCUT2D eigenvalue weighted by Crippen LogP contribution is -2.25. The van der Waals surface area contributed by atoms with E-state index >= 15 is 4.39 Å². The maximum absolute atomic E-state index is 15.4. The summed E-state index contributed by atoms with van der Waals surface area (Å²) in [4.78, 5) is 42.7. The Labute approximate surface area is 219 Å². The largest absolute Gasteiger partial charge is 0.497 e. The van der Waals surface area contributed by atoms with Crippen molar-refractivity contribution in [2.75, 3.05) is 19.5 Å². The first-order valence-corrected chi connectivity index (χ1v) is 11.1. The van der Waals surface area contributed by atoms with E-state index in [2.05, 4.69) is 25.4 Å². The summed E-state index contributed by atoms with van der Waals surface area (Å²) in [5.74, 6) is -1.70. The highest BCUT2D eigenvalue weighted by molar-refractivity contribution is 5.95. The van der Waals surface area contributed by atoms with Gasteiger partial charge in [0.1, 0.15) is 17.6 Å². The number of carboxylic acid groups (broad SMARTS) is 1. The summed E-state index contributed by atoms with van der Waals surface area (Å²) in [6.45, 7) is 1.08. The molecule has 204 valence electrons. The summed E-state index contributed by atoms with van der Waals surface area (Å²) in [6.07, 6.45) is 2.62. The lowest BCUT2D eigenvalue weighted by Gasteiger charge is -2.20. The standard InChI is InChI=1S/C22H21FN8O4.C2H4O2/c1-34-13-9-14(16(23)15(10-13)35-2)17(28-12-5-3-11(4-6-12)18(24)25)19-29-22(33)31(30-19)20-21(32)27-8-7-26-20;1-2(3)4/h3-10,17,28H,1-2H3,(H3,24,25)(H,27,32)(H,29,30,33);1H3,(H,3,4). The number of hydrogen-bond acceptors (Lipinski definition) is 9. The molecule has 0 saturated carbocycles. The number of nitrogens with zero attached hydrogens (tertiary/aromatic N) is 3. The topological polar surface area (TPSA) is 214 Å². The monoisotopic (exact) mass is 540 g/mol. The van der Waals surface area contributed by atoms with Gasteiger partial charge < -0.3 is 30.6 Å². The SMILES string of the molecule is CC(=O)O.COc1cc(OC)c(F)c(C(Nc2ccc(C(=N)N)cc2)c2nn(-c3ncc[nH]c3=O)c(=O)[nH]2)c1. The number of nitrogen functional groups attached to an aromatic ring is 1. The molecule has 0 amide bonds. The number of nitrogens with one attached hydrogen (secondary N) is 4. The molecule has 0 aliphatic heterocycles. The van der Waals surface area contributed by atoms with Crippen LogP contribution in [0.4, 0.5) is 10.1 Å². The van der Waals surface area contributed by atoms with E-state index in [-0.39, 0.29) is 28.8 Å². The van der Waals surface area contributed by atoms with Crippen LogP contribution in [0.1, 0.15) is 29.9 Å². The van der Waals surface area contributed by atoms with Crippen LogP contribution in [0.15, 0.2) is 58.4 Å². The smallest absolute Gasteiger partial charge is 0.349 e. The van der Waals surface area contributed by atoms with Crippen molar-refractivity contribution in [1.82, 2.24) is 24.7 Å². The molecule has 14 nitrogen and oxygen atoms in total. The van der Waals surface area contributed by atoms with E-state index in [4.69, 9.17) is 30.5 Å². The number of hydrogen-bond donors (Lipinski definition) is 6. The molecule has 2 heterocycles. The molecule has 7 N–H and O–H groups in total. The summed E-state index contributed by atoms with van der Waals surface area (Å²) in [6, 6.07) is 8.25. The summed E-state index contributed by atoms with van der Waals surface area (Å²) in [5.41, 5.74) is 5.18. The summed E-state index contributed by atoms with van der Waals surface area (Å²) in [5, 5.41) is 22.3. The molecule has 0 aliphatic carbocycles. The number of carbonyl (C=O) groups is 1. The molecule has 0 bridgehead atoms. The van der Waals surface area contributed by atoms with Crippen molar-refractivity contribution in [3.63, 3.8) is 0 Å². The molecule has 4 rings (SSSR count). The number of nitrogens with two attached hydrogens (primary N) is 1. The Morgan fingerprint density at radius 3 is 2.44 bits per heavy atom. The van der Waals surface area contributed by atoms with Gasteiger partial charge in [0.05, 0.1) is 14.2 Å². The van der Waals surface area contributed by atoms with Crippen molar-refractivity contribution < 1.29 is 23.8 Å². The highest BCUT2D eigenvalue weighted by atomic mass is 19.1. The van der Waals surface area contributed by atoms with Gasteiger partial charge in [0.2, 0.25) is 5.82 Å². The molecule has 0 fully saturated rings. The van der Waals surface area contributed by atoms with Gasteiger partial charge >= 0.3 is 5.69 Å². The average molecular weight is 541 g/mol. The fourth-order valence-corrected chi connectivity index (χ4v) is 3.38. The van der Waals surface area contributed by atoms with E-state index in [1.54, 1.807) is 24.3 Å². The zero-order chi connectivity index (χ0) is 28.7. The van der Waals surface area contributed by atoms with Crippen LogP contribution in [0, 0.1) is 11.2 Å². The van der Waals surface area contributed by atoms with Gasteiger partial charge in [0.15, 0.2) is 17.4 Å². The third kappa shape index (κ3) is 6.65. The third-order valence-corrected chi connectivity index (χ3v) is 5.11. The van der Waals surface area contributed by atoms with Gasteiger partial charge in [0, 0.05) is 42.2 Å². The van der Waals surface area contributed by atoms with Gasteiger partial charge in [0.25, 0.3) is 11.5 Å². The molecule has 1 atom stereocenters. The molecule has 0 radical (unpaired) electrons. The Balaban J connectivity index is 0.000000983. The number of aromatic amines is 2. The minimum absolute atomic E-state index is 0.00935.